The number of allylic oxidation sites excluding steroid dienone is 1. The van der Waals surface area contributed by atoms with Crippen molar-refractivity contribution >= 4 is 25.9 Å². The van der Waals surface area contributed by atoms with Gasteiger partial charge >= 0.3 is 5.97 Å². The molecule has 0 bridgehead atoms. The molecule has 0 aromatic heterocycles. The lowest BCUT2D eigenvalue weighted by Crippen LogP contribution is -2.62. The summed E-state index contributed by atoms with van der Waals surface area (Å²) >= 11 is 0. The van der Waals surface area contributed by atoms with E-state index >= 15 is 0 Å². The Morgan fingerprint density at radius 2 is 1.73 bits per heavy atom. The van der Waals surface area contributed by atoms with Gasteiger partial charge in [-0.05, 0) is 111 Å². The smallest absolute Gasteiger partial charge is 0.336 e. The summed E-state index contributed by atoms with van der Waals surface area (Å²) in [6.07, 6.45) is 8.59. The first kappa shape index (κ1) is 29.5. The van der Waals surface area contributed by atoms with Crippen LogP contribution in [-0.4, -0.2) is 50.3 Å². The zero-order valence-electron chi connectivity index (χ0n) is 26.6. The van der Waals surface area contributed by atoms with Crippen molar-refractivity contribution in [1.82, 2.24) is 0 Å². The highest BCUT2D eigenvalue weighted by Crippen LogP contribution is 2.72. The number of carbonyl (C=O) groups excluding carboxylic acids is 3. The van der Waals surface area contributed by atoms with E-state index < -0.39 is 19.3 Å². The van der Waals surface area contributed by atoms with Gasteiger partial charge in [-0.25, -0.2) is 4.79 Å². The zero-order valence-corrected chi connectivity index (χ0v) is 27.6. The molecule has 7 heteroatoms. The number of carbonyl (C=O) groups is 3. The summed E-state index contributed by atoms with van der Waals surface area (Å²) in [4.78, 5) is 39.7. The van der Waals surface area contributed by atoms with Gasteiger partial charge in [-0.15, -0.1) is 0 Å². The summed E-state index contributed by atoms with van der Waals surface area (Å²) in [5, 5.41) is 0.0872. The molecule has 0 N–H and O–H groups in total. The first-order valence-electron chi connectivity index (χ1n) is 16.0. The van der Waals surface area contributed by atoms with Gasteiger partial charge in [0.25, 0.3) is 0 Å². The summed E-state index contributed by atoms with van der Waals surface area (Å²) in [5.41, 5.74) is 0.278. The quantitative estimate of drug-likeness (QED) is 0.207. The standard InChI is InChI=1S/C34H50O6Si/c1-19-16-26(39-30(37)22(19)18-38-41(8,9)31(3,4)5)20(2)23-10-11-24-21-17-29-34(40-29)28(36)13-12-27(35)33(34,7)25(21)14-15-32(23,24)6/h12-13,20-21,23-26,29H,10-11,14-18H2,1-9H3/t20-,21?,23?,24?,25?,26?,29+,32+,33-,34+/m0/s1. The maximum Gasteiger partial charge on any atom is 0.336 e. The van der Waals surface area contributed by atoms with Crippen molar-refractivity contribution in [1.29, 1.82) is 0 Å². The van der Waals surface area contributed by atoms with Crippen molar-refractivity contribution in [2.75, 3.05) is 6.61 Å². The van der Waals surface area contributed by atoms with Crippen LogP contribution in [0.25, 0.3) is 0 Å². The van der Waals surface area contributed by atoms with Gasteiger partial charge in [0.05, 0.1) is 23.7 Å². The third-order valence-corrected chi connectivity index (χ3v) is 18.1. The van der Waals surface area contributed by atoms with Gasteiger partial charge in [-0.2, -0.15) is 0 Å². The average molecular weight is 583 g/mol. The molecule has 2 aliphatic heterocycles. The van der Waals surface area contributed by atoms with Crippen LogP contribution in [0.15, 0.2) is 23.3 Å². The van der Waals surface area contributed by atoms with Gasteiger partial charge < -0.3 is 13.9 Å². The molecule has 0 radical (unpaired) electrons. The van der Waals surface area contributed by atoms with Crippen molar-refractivity contribution in [3.05, 3.63) is 23.3 Å². The van der Waals surface area contributed by atoms with Gasteiger partial charge in [0.15, 0.2) is 25.5 Å². The van der Waals surface area contributed by atoms with Gasteiger partial charge in [0, 0.05) is 6.42 Å². The second-order valence-electron chi connectivity index (χ2n) is 16.3. The molecule has 0 aromatic rings. The lowest BCUT2D eigenvalue weighted by Gasteiger charge is -2.57. The van der Waals surface area contributed by atoms with Crippen LogP contribution in [0.4, 0.5) is 0 Å². The molecule has 226 valence electrons. The molecule has 4 fully saturated rings. The van der Waals surface area contributed by atoms with E-state index in [0.29, 0.717) is 29.9 Å². The number of esters is 1. The van der Waals surface area contributed by atoms with Gasteiger partial charge in [-0.1, -0.05) is 40.2 Å². The Morgan fingerprint density at radius 1 is 1.05 bits per heavy atom. The lowest BCUT2D eigenvalue weighted by atomic mass is 9.44. The lowest BCUT2D eigenvalue weighted by molar-refractivity contribution is -0.155. The second-order valence-corrected chi connectivity index (χ2v) is 21.1. The normalized spacial score (nSPS) is 44.6. The molecule has 0 amide bonds. The molecule has 41 heavy (non-hydrogen) atoms. The fourth-order valence-corrected chi connectivity index (χ4v) is 10.9. The molecule has 1 saturated heterocycles. The molecular formula is C34H50O6Si. The Morgan fingerprint density at radius 3 is 2.39 bits per heavy atom. The average Bonchev–Trinajstić information content (AvgIpc) is 3.51. The third-order valence-electron chi connectivity index (χ3n) is 13.6. The molecule has 2 heterocycles. The highest BCUT2D eigenvalue weighted by molar-refractivity contribution is 6.74. The minimum Gasteiger partial charge on any atom is -0.458 e. The van der Waals surface area contributed by atoms with Crippen molar-refractivity contribution in [3.8, 4) is 0 Å². The van der Waals surface area contributed by atoms with Crippen LogP contribution < -0.4 is 0 Å². The van der Waals surface area contributed by atoms with Gasteiger partial charge in [0.2, 0.25) is 0 Å². The predicted molar refractivity (Wildman–Crippen MR) is 160 cm³/mol. The summed E-state index contributed by atoms with van der Waals surface area (Å²) < 4.78 is 18.8. The van der Waals surface area contributed by atoms with E-state index in [2.05, 4.69) is 54.6 Å². The Balaban J connectivity index is 1.18. The van der Waals surface area contributed by atoms with E-state index in [0.717, 1.165) is 44.1 Å². The minimum atomic E-state index is -1.97. The summed E-state index contributed by atoms with van der Waals surface area (Å²) in [6.45, 7) is 20.3. The highest BCUT2D eigenvalue weighted by Gasteiger charge is 2.80. The van der Waals surface area contributed by atoms with E-state index in [1.54, 1.807) is 0 Å². The molecule has 3 saturated carbocycles. The monoisotopic (exact) mass is 582 g/mol. The Labute approximate surface area is 247 Å². The van der Waals surface area contributed by atoms with Crippen LogP contribution in [0.1, 0.15) is 87.0 Å². The van der Waals surface area contributed by atoms with Crippen LogP contribution in [0.3, 0.4) is 0 Å². The number of hydrogen-bond donors (Lipinski definition) is 0. The first-order chi connectivity index (χ1) is 19.0. The van der Waals surface area contributed by atoms with E-state index in [-0.39, 0.29) is 52.0 Å². The van der Waals surface area contributed by atoms with Crippen LogP contribution >= 0.6 is 0 Å². The van der Waals surface area contributed by atoms with Crippen molar-refractivity contribution in [3.63, 3.8) is 0 Å². The van der Waals surface area contributed by atoms with E-state index in [4.69, 9.17) is 13.9 Å². The predicted octanol–water partition coefficient (Wildman–Crippen LogP) is 6.59. The first-order valence-corrected chi connectivity index (χ1v) is 18.9. The van der Waals surface area contributed by atoms with Crippen LogP contribution in [0.5, 0.6) is 0 Å². The van der Waals surface area contributed by atoms with Gasteiger partial charge in [0.1, 0.15) is 6.10 Å². The fourth-order valence-electron chi connectivity index (χ4n) is 9.96. The maximum absolute atomic E-state index is 13.4. The van der Waals surface area contributed by atoms with Crippen LogP contribution in [0, 0.1) is 40.4 Å². The molecule has 10 atom stereocenters. The largest absolute Gasteiger partial charge is 0.458 e. The van der Waals surface area contributed by atoms with Gasteiger partial charge in [-0.3, -0.25) is 9.59 Å². The number of cyclic esters (lactones) is 1. The third kappa shape index (κ3) is 3.96. The number of ether oxygens (including phenoxy) is 2. The van der Waals surface area contributed by atoms with E-state index in [9.17, 15) is 14.4 Å². The number of rotatable bonds is 5. The van der Waals surface area contributed by atoms with E-state index in [1.165, 1.54) is 12.2 Å². The van der Waals surface area contributed by atoms with Crippen LogP contribution in [-0.2, 0) is 28.3 Å². The zero-order chi connectivity index (χ0) is 29.9. The number of ketones is 2. The molecule has 6 nitrogen and oxygen atoms in total. The molecule has 0 aromatic carbocycles. The van der Waals surface area contributed by atoms with E-state index in [1.807, 2.05) is 6.92 Å². The summed E-state index contributed by atoms with van der Waals surface area (Å²) in [5.74, 6) is 1.61. The molecule has 6 rings (SSSR count). The van der Waals surface area contributed by atoms with Crippen molar-refractivity contribution < 1.29 is 28.3 Å². The second kappa shape index (κ2) is 9.22. The Bertz CT molecular complexity index is 1240. The molecular weight excluding hydrogens is 532 g/mol. The molecule has 1 spiro atoms. The molecule has 4 aliphatic carbocycles. The molecule has 6 aliphatic rings. The maximum atomic E-state index is 13.4. The minimum absolute atomic E-state index is 0.00840. The Hall–Kier alpha value is -1.57. The summed E-state index contributed by atoms with van der Waals surface area (Å²) in [7, 11) is -1.97. The number of fused-ring (bicyclic) bond motifs is 4. The summed E-state index contributed by atoms with van der Waals surface area (Å²) in [6, 6.07) is 0. The van der Waals surface area contributed by atoms with Crippen LogP contribution in [0.2, 0.25) is 18.1 Å². The van der Waals surface area contributed by atoms with Crippen molar-refractivity contribution in [2.24, 2.45) is 40.4 Å². The SMILES string of the molecule is CC1=C(CO[Si](C)(C)C(C)(C)C)C(=O)OC([C@@H](C)C2CCC3C4C[C@H]5O[C@]56C(=O)C=CC(=O)[C@]6(C)C4CC[C@@]32C)C1. The fraction of sp³-hybridized carbons (Fsp3) is 0.794. The highest BCUT2D eigenvalue weighted by atomic mass is 28.4. The molecule has 5 unspecified atom stereocenters. The Kier molecular flexibility index (Phi) is 6.63. The van der Waals surface area contributed by atoms with Crippen molar-refractivity contribution in [2.45, 2.75) is 123 Å². The number of epoxide rings is 1. The topological polar surface area (TPSA) is 82.2 Å². The number of hydrogen-bond acceptors (Lipinski definition) is 6.